The number of thioether (sulfide) groups is 1. The summed E-state index contributed by atoms with van der Waals surface area (Å²) >= 11 is 2.09. The van der Waals surface area contributed by atoms with E-state index in [1.165, 1.54) is 40.7 Å². The van der Waals surface area contributed by atoms with E-state index in [1.807, 2.05) is 6.07 Å². The second-order valence-corrected chi connectivity index (χ2v) is 6.96. The Hall–Kier alpha value is -1.19. The molecule has 1 aliphatic rings. The predicted molar refractivity (Wildman–Crippen MR) is 92.3 cm³/mol. The van der Waals surface area contributed by atoms with Crippen molar-refractivity contribution in [2.75, 3.05) is 25.2 Å². The van der Waals surface area contributed by atoms with Gasteiger partial charge in [-0.1, -0.05) is 18.2 Å². The largest absolute Gasteiger partial charge is 0.497 e. The molecule has 0 aromatic heterocycles. The third-order valence-electron chi connectivity index (χ3n) is 4.21. The van der Waals surface area contributed by atoms with Crippen molar-refractivity contribution in [3.8, 4) is 5.75 Å². The van der Waals surface area contributed by atoms with E-state index >= 15 is 0 Å². The molecule has 0 bridgehead atoms. The van der Waals surface area contributed by atoms with Crippen molar-refractivity contribution in [3.05, 3.63) is 42.0 Å². The molecular formula is C18H23NOS. The number of methoxy groups -OCH3 is 1. The van der Waals surface area contributed by atoms with Crippen LogP contribution >= 0.6 is 11.8 Å². The summed E-state index contributed by atoms with van der Waals surface area (Å²) in [7, 11) is 1.71. The van der Waals surface area contributed by atoms with Gasteiger partial charge in [0.1, 0.15) is 5.75 Å². The molecule has 0 amide bonds. The summed E-state index contributed by atoms with van der Waals surface area (Å²) in [6.07, 6.45) is 2.74. The van der Waals surface area contributed by atoms with E-state index in [1.54, 1.807) is 7.11 Å². The number of ether oxygens (including phenoxy) is 1. The highest BCUT2D eigenvalue weighted by Gasteiger charge is 2.12. The molecule has 2 aromatic rings. The van der Waals surface area contributed by atoms with Crippen LogP contribution in [0.1, 0.15) is 18.4 Å². The molecule has 1 fully saturated rings. The van der Waals surface area contributed by atoms with E-state index in [4.69, 9.17) is 4.74 Å². The van der Waals surface area contributed by atoms with Crippen LogP contribution in [0.4, 0.5) is 0 Å². The summed E-state index contributed by atoms with van der Waals surface area (Å²) in [5.41, 5.74) is 1.36. The monoisotopic (exact) mass is 301 g/mol. The van der Waals surface area contributed by atoms with Gasteiger partial charge in [-0.05, 0) is 71.3 Å². The molecule has 0 radical (unpaired) electrons. The Balaban J connectivity index is 1.59. The first-order valence-electron chi connectivity index (χ1n) is 7.70. The minimum absolute atomic E-state index is 0.871. The number of fused-ring (bicyclic) bond motifs is 1. The van der Waals surface area contributed by atoms with Gasteiger partial charge in [-0.25, -0.2) is 0 Å². The van der Waals surface area contributed by atoms with Gasteiger partial charge in [0.25, 0.3) is 0 Å². The van der Waals surface area contributed by atoms with Crippen molar-refractivity contribution >= 4 is 22.5 Å². The van der Waals surface area contributed by atoms with Gasteiger partial charge in [0.05, 0.1) is 7.11 Å². The third kappa shape index (κ3) is 3.92. The SMILES string of the molecule is COc1ccc2cc(CNCC3CCSCC3)ccc2c1. The number of hydrogen-bond donors (Lipinski definition) is 1. The van der Waals surface area contributed by atoms with E-state index < -0.39 is 0 Å². The molecule has 2 nitrogen and oxygen atoms in total. The predicted octanol–water partition coefficient (Wildman–Crippen LogP) is 4.08. The van der Waals surface area contributed by atoms with Crippen LogP contribution in [0.25, 0.3) is 10.8 Å². The Morgan fingerprint density at radius 2 is 1.86 bits per heavy atom. The van der Waals surface area contributed by atoms with Gasteiger partial charge in [0.15, 0.2) is 0 Å². The van der Waals surface area contributed by atoms with Crippen molar-refractivity contribution in [3.63, 3.8) is 0 Å². The molecule has 0 atom stereocenters. The maximum absolute atomic E-state index is 5.27. The van der Waals surface area contributed by atoms with Crippen LogP contribution in [0, 0.1) is 5.92 Å². The highest BCUT2D eigenvalue weighted by atomic mass is 32.2. The van der Waals surface area contributed by atoms with Crippen LogP contribution in [0.3, 0.4) is 0 Å². The fraction of sp³-hybridized carbons (Fsp3) is 0.444. The first-order valence-corrected chi connectivity index (χ1v) is 8.86. The fourth-order valence-corrected chi connectivity index (χ4v) is 4.09. The zero-order chi connectivity index (χ0) is 14.5. The summed E-state index contributed by atoms with van der Waals surface area (Å²) in [5.74, 6) is 4.47. The Bertz CT molecular complexity index is 593. The van der Waals surface area contributed by atoms with Gasteiger partial charge in [0, 0.05) is 6.54 Å². The Morgan fingerprint density at radius 1 is 1.10 bits per heavy atom. The lowest BCUT2D eigenvalue weighted by Crippen LogP contribution is -2.25. The van der Waals surface area contributed by atoms with E-state index in [-0.39, 0.29) is 0 Å². The van der Waals surface area contributed by atoms with Crippen molar-refractivity contribution in [2.45, 2.75) is 19.4 Å². The van der Waals surface area contributed by atoms with Gasteiger partial charge < -0.3 is 10.1 Å². The number of rotatable bonds is 5. The van der Waals surface area contributed by atoms with Crippen molar-refractivity contribution < 1.29 is 4.74 Å². The average Bonchev–Trinajstić information content (AvgIpc) is 2.55. The quantitative estimate of drug-likeness (QED) is 0.899. The molecule has 1 heterocycles. The molecule has 0 spiro atoms. The number of benzene rings is 2. The molecule has 112 valence electrons. The Labute approximate surface area is 131 Å². The molecule has 1 N–H and O–H groups in total. The van der Waals surface area contributed by atoms with Gasteiger partial charge in [-0.15, -0.1) is 0 Å². The number of hydrogen-bond acceptors (Lipinski definition) is 3. The first-order chi connectivity index (χ1) is 10.3. The Morgan fingerprint density at radius 3 is 2.67 bits per heavy atom. The highest BCUT2D eigenvalue weighted by Crippen LogP contribution is 2.23. The average molecular weight is 301 g/mol. The van der Waals surface area contributed by atoms with Crippen molar-refractivity contribution in [1.82, 2.24) is 5.32 Å². The summed E-state index contributed by atoms with van der Waals surface area (Å²) in [4.78, 5) is 0. The third-order valence-corrected chi connectivity index (χ3v) is 5.26. The molecule has 0 aliphatic carbocycles. The lowest BCUT2D eigenvalue weighted by atomic mass is 10.0. The van der Waals surface area contributed by atoms with E-state index in [0.29, 0.717) is 0 Å². The van der Waals surface area contributed by atoms with Gasteiger partial charge in [-0.3, -0.25) is 0 Å². The Kier molecular flexibility index (Phi) is 5.04. The summed E-state index contributed by atoms with van der Waals surface area (Å²) < 4.78 is 5.27. The van der Waals surface area contributed by atoms with E-state index in [0.717, 1.165) is 24.8 Å². The van der Waals surface area contributed by atoms with Gasteiger partial charge >= 0.3 is 0 Å². The molecule has 1 aliphatic heterocycles. The molecule has 2 aromatic carbocycles. The lowest BCUT2D eigenvalue weighted by Gasteiger charge is -2.21. The standard InChI is InChI=1S/C18H23NOS/c1-20-18-5-4-16-10-15(2-3-17(16)11-18)13-19-12-14-6-8-21-9-7-14/h2-5,10-11,14,19H,6-9,12-13H2,1H3. The summed E-state index contributed by atoms with van der Waals surface area (Å²) in [6.45, 7) is 2.12. The molecule has 3 rings (SSSR count). The second-order valence-electron chi connectivity index (χ2n) is 5.73. The summed E-state index contributed by atoms with van der Waals surface area (Å²) in [6, 6.07) is 12.9. The minimum Gasteiger partial charge on any atom is -0.497 e. The van der Waals surface area contributed by atoms with Crippen molar-refractivity contribution in [2.24, 2.45) is 5.92 Å². The van der Waals surface area contributed by atoms with Crippen LogP contribution in [-0.2, 0) is 6.54 Å². The van der Waals surface area contributed by atoms with Crippen LogP contribution in [0.15, 0.2) is 36.4 Å². The normalized spacial score (nSPS) is 16.2. The van der Waals surface area contributed by atoms with Gasteiger partial charge in [-0.2, -0.15) is 11.8 Å². The molecular weight excluding hydrogens is 278 g/mol. The van der Waals surface area contributed by atoms with Crippen LogP contribution < -0.4 is 10.1 Å². The second kappa shape index (κ2) is 7.19. The lowest BCUT2D eigenvalue weighted by molar-refractivity contribution is 0.415. The minimum atomic E-state index is 0.871. The van der Waals surface area contributed by atoms with Gasteiger partial charge in [0.2, 0.25) is 0 Å². The van der Waals surface area contributed by atoms with Crippen LogP contribution in [0.5, 0.6) is 5.75 Å². The molecule has 21 heavy (non-hydrogen) atoms. The molecule has 0 unspecified atom stereocenters. The van der Waals surface area contributed by atoms with E-state index in [9.17, 15) is 0 Å². The summed E-state index contributed by atoms with van der Waals surface area (Å²) in [5, 5.41) is 6.14. The van der Waals surface area contributed by atoms with Crippen molar-refractivity contribution in [1.29, 1.82) is 0 Å². The molecule has 3 heteroatoms. The van der Waals surface area contributed by atoms with Crippen LogP contribution in [-0.4, -0.2) is 25.2 Å². The highest BCUT2D eigenvalue weighted by molar-refractivity contribution is 7.99. The van der Waals surface area contributed by atoms with E-state index in [2.05, 4.69) is 47.4 Å². The topological polar surface area (TPSA) is 21.3 Å². The maximum atomic E-state index is 5.27. The zero-order valence-electron chi connectivity index (χ0n) is 12.6. The smallest absolute Gasteiger partial charge is 0.119 e. The maximum Gasteiger partial charge on any atom is 0.119 e. The number of nitrogens with one attached hydrogen (secondary N) is 1. The fourth-order valence-electron chi connectivity index (χ4n) is 2.88. The first kappa shape index (κ1) is 14.7. The molecule has 0 saturated carbocycles. The zero-order valence-corrected chi connectivity index (χ0v) is 13.4. The van der Waals surface area contributed by atoms with Crippen LogP contribution in [0.2, 0.25) is 0 Å². The molecule has 1 saturated heterocycles.